The molecule has 1 unspecified atom stereocenters. The van der Waals surface area contributed by atoms with Crippen molar-refractivity contribution >= 4 is 5.78 Å². The third kappa shape index (κ3) is 2.50. The minimum absolute atomic E-state index is 0.0557. The molecule has 16 heavy (non-hydrogen) atoms. The van der Waals surface area contributed by atoms with E-state index in [-0.39, 0.29) is 11.8 Å². The molecule has 1 aliphatic rings. The average Bonchev–Trinajstić information content (AvgIpc) is 2.14. The smallest absolute Gasteiger partial charge is 0.164 e. The molecule has 0 spiro atoms. The Hall–Kier alpha value is -1.15. The molecule has 1 aromatic rings. The monoisotopic (exact) mass is 217 g/mol. The minimum Gasteiger partial charge on any atom is -0.328 e. The van der Waals surface area contributed by atoms with Crippen LogP contribution in [-0.2, 0) is 0 Å². The normalized spacial score (nSPS) is 17.9. The van der Waals surface area contributed by atoms with E-state index in [2.05, 4.69) is 12.1 Å². The van der Waals surface area contributed by atoms with Crippen molar-refractivity contribution < 1.29 is 4.79 Å². The van der Waals surface area contributed by atoms with E-state index in [0.717, 1.165) is 5.56 Å². The van der Waals surface area contributed by atoms with E-state index in [0.29, 0.717) is 12.3 Å². The molecule has 1 aromatic carbocycles. The highest BCUT2D eigenvalue weighted by molar-refractivity contribution is 5.96. The minimum atomic E-state index is -0.0557. The third-order valence-corrected chi connectivity index (χ3v) is 3.29. The molecule has 0 aromatic heterocycles. The van der Waals surface area contributed by atoms with Crippen LogP contribution in [0.4, 0.5) is 0 Å². The van der Waals surface area contributed by atoms with Gasteiger partial charge in [0.05, 0.1) is 0 Å². The number of hydrogen-bond acceptors (Lipinski definition) is 2. The fourth-order valence-corrected chi connectivity index (χ4v) is 2.12. The summed E-state index contributed by atoms with van der Waals surface area (Å²) in [5, 5.41) is 0. The summed E-state index contributed by atoms with van der Waals surface area (Å²) in [5.41, 5.74) is 7.79. The predicted octanol–water partition coefficient (Wildman–Crippen LogP) is 2.87. The molecule has 86 valence electrons. The van der Waals surface area contributed by atoms with Crippen LogP contribution in [0.2, 0.25) is 0 Å². The van der Waals surface area contributed by atoms with Gasteiger partial charge in [-0.05, 0) is 37.3 Å². The Morgan fingerprint density at radius 2 is 2.25 bits per heavy atom. The Labute approximate surface area is 96.8 Å². The van der Waals surface area contributed by atoms with E-state index in [9.17, 15) is 4.79 Å². The van der Waals surface area contributed by atoms with Crippen LogP contribution < -0.4 is 5.73 Å². The summed E-state index contributed by atoms with van der Waals surface area (Å²) in [4.78, 5) is 11.9. The number of hydrogen-bond donors (Lipinski definition) is 1. The number of carbonyl (C=O) groups excluding carboxylic acids is 1. The van der Waals surface area contributed by atoms with Gasteiger partial charge in [-0.2, -0.15) is 0 Å². The maximum Gasteiger partial charge on any atom is 0.164 e. The van der Waals surface area contributed by atoms with E-state index in [1.54, 1.807) is 0 Å². The van der Waals surface area contributed by atoms with Crippen molar-refractivity contribution in [3.8, 4) is 0 Å². The second kappa shape index (κ2) is 4.79. The van der Waals surface area contributed by atoms with Gasteiger partial charge in [0.1, 0.15) is 0 Å². The first kappa shape index (κ1) is 11.3. The van der Waals surface area contributed by atoms with Gasteiger partial charge in [-0.1, -0.05) is 24.6 Å². The Morgan fingerprint density at radius 1 is 1.50 bits per heavy atom. The second-order valence-electron chi connectivity index (χ2n) is 4.86. The van der Waals surface area contributed by atoms with Crippen LogP contribution in [0.1, 0.15) is 54.4 Å². The summed E-state index contributed by atoms with van der Waals surface area (Å²) in [5.74, 6) is 0.847. The van der Waals surface area contributed by atoms with Crippen LogP contribution in [0.5, 0.6) is 0 Å². The Morgan fingerprint density at radius 3 is 2.81 bits per heavy atom. The van der Waals surface area contributed by atoms with Gasteiger partial charge in [-0.3, -0.25) is 4.79 Å². The topological polar surface area (TPSA) is 43.1 Å². The summed E-state index contributed by atoms with van der Waals surface area (Å²) in [6, 6.07) is 8.01. The molecule has 1 atom stereocenters. The van der Waals surface area contributed by atoms with E-state index >= 15 is 0 Å². The molecular formula is C14H19NO. The third-order valence-electron chi connectivity index (χ3n) is 3.29. The number of Topliss-reactive ketones (excluding diaryl/α,β-unsaturated/α-hetero) is 1. The molecule has 0 saturated heterocycles. The zero-order valence-electron chi connectivity index (χ0n) is 9.78. The predicted molar refractivity (Wildman–Crippen MR) is 65.6 cm³/mol. The van der Waals surface area contributed by atoms with Crippen molar-refractivity contribution in [2.24, 2.45) is 5.73 Å². The fourth-order valence-electron chi connectivity index (χ4n) is 2.12. The van der Waals surface area contributed by atoms with Crippen molar-refractivity contribution in [3.05, 3.63) is 35.4 Å². The largest absolute Gasteiger partial charge is 0.328 e. The molecule has 2 heteroatoms. The van der Waals surface area contributed by atoms with E-state index in [1.165, 1.54) is 24.8 Å². The number of carbonyl (C=O) groups is 1. The zero-order valence-corrected chi connectivity index (χ0v) is 9.78. The first-order chi connectivity index (χ1) is 7.66. The van der Waals surface area contributed by atoms with Gasteiger partial charge in [0, 0.05) is 18.0 Å². The van der Waals surface area contributed by atoms with Crippen LogP contribution in [0, 0.1) is 0 Å². The van der Waals surface area contributed by atoms with Crippen molar-refractivity contribution in [2.45, 2.75) is 44.6 Å². The number of nitrogens with two attached hydrogens (primary N) is 1. The molecule has 1 aliphatic carbocycles. The Balaban J connectivity index is 2.11. The average molecular weight is 217 g/mol. The van der Waals surface area contributed by atoms with Crippen LogP contribution >= 0.6 is 0 Å². The van der Waals surface area contributed by atoms with Crippen LogP contribution in [0.25, 0.3) is 0 Å². The lowest BCUT2D eigenvalue weighted by molar-refractivity contribution is 0.0976. The molecule has 0 radical (unpaired) electrons. The maximum absolute atomic E-state index is 11.9. The van der Waals surface area contributed by atoms with E-state index < -0.39 is 0 Å². The van der Waals surface area contributed by atoms with Gasteiger partial charge in [0.25, 0.3) is 0 Å². The SMILES string of the molecule is CC(N)CC(=O)c1cccc(C2CCC2)c1. The molecule has 1 saturated carbocycles. The fraction of sp³-hybridized carbons (Fsp3) is 0.500. The summed E-state index contributed by atoms with van der Waals surface area (Å²) in [6.07, 6.45) is 4.30. The van der Waals surface area contributed by atoms with Gasteiger partial charge >= 0.3 is 0 Å². The first-order valence-corrected chi connectivity index (χ1v) is 6.05. The lowest BCUT2D eigenvalue weighted by atomic mass is 9.79. The van der Waals surface area contributed by atoms with Gasteiger partial charge in [0.2, 0.25) is 0 Å². The van der Waals surface area contributed by atoms with Gasteiger partial charge in [-0.25, -0.2) is 0 Å². The van der Waals surface area contributed by atoms with Crippen molar-refractivity contribution in [1.82, 2.24) is 0 Å². The highest BCUT2D eigenvalue weighted by Crippen LogP contribution is 2.36. The lowest BCUT2D eigenvalue weighted by Gasteiger charge is -2.26. The molecule has 2 nitrogen and oxygen atoms in total. The number of ketones is 1. The van der Waals surface area contributed by atoms with Crippen LogP contribution in [-0.4, -0.2) is 11.8 Å². The summed E-state index contributed by atoms with van der Waals surface area (Å²) in [7, 11) is 0. The molecule has 0 heterocycles. The highest BCUT2D eigenvalue weighted by Gasteiger charge is 2.20. The zero-order chi connectivity index (χ0) is 11.5. The van der Waals surface area contributed by atoms with Gasteiger partial charge in [-0.15, -0.1) is 0 Å². The van der Waals surface area contributed by atoms with Crippen molar-refractivity contribution in [3.63, 3.8) is 0 Å². The molecule has 0 amide bonds. The van der Waals surface area contributed by atoms with Gasteiger partial charge in [0.15, 0.2) is 5.78 Å². The highest BCUT2D eigenvalue weighted by atomic mass is 16.1. The molecule has 2 N–H and O–H groups in total. The van der Waals surface area contributed by atoms with Gasteiger partial charge < -0.3 is 5.73 Å². The summed E-state index contributed by atoms with van der Waals surface area (Å²) in [6.45, 7) is 1.87. The number of rotatable bonds is 4. The second-order valence-corrected chi connectivity index (χ2v) is 4.86. The van der Waals surface area contributed by atoms with E-state index in [1.807, 2.05) is 19.1 Å². The van der Waals surface area contributed by atoms with Crippen LogP contribution in [0.15, 0.2) is 24.3 Å². The van der Waals surface area contributed by atoms with E-state index in [4.69, 9.17) is 5.73 Å². The molecule has 2 rings (SSSR count). The van der Waals surface area contributed by atoms with Crippen molar-refractivity contribution in [2.75, 3.05) is 0 Å². The quantitative estimate of drug-likeness (QED) is 0.788. The Kier molecular flexibility index (Phi) is 3.39. The molecule has 1 fully saturated rings. The maximum atomic E-state index is 11.9. The standard InChI is InChI=1S/C14H19NO/c1-10(15)8-14(16)13-7-3-6-12(9-13)11-4-2-5-11/h3,6-7,9-11H,2,4-5,8,15H2,1H3. The number of benzene rings is 1. The molecular weight excluding hydrogens is 198 g/mol. The summed E-state index contributed by atoms with van der Waals surface area (Å²) >= 11 is 0. The van der Waals surface area contributed by atoms with Crippen LogP contribution in [0.3, 0.4) is 0 Å². The molecule has 0 bridgehead atoms. The summed E-state index contributed by atoms with van der Waals surface area (Å²) < 4.78 is 0. The Bertz CT molecular complexity index is 380. The first-order valence-electron chi connectivity index (χ1n) is 6.05. The molecule has 0 aliphatic heterocycles. The lowest BCUT2D eigenvalue weighted by Crippen LogP contribution is -2.20. The van der Waals surface area contributed by atoms with Crippen molar-refractivity contribution in [1.29, 1.82) is 0 Å².